The molecule has 1 heterocycles. The molecule has 0 saturated carbocycles. The topological polar surface area (TPSA) is 92.5 Å². The maximum atomic E-state index is 11.4. The van der Waals surface area contributed by atoms with Gasteiger partial charge < -0.3 is 10.4 Å². The molecular formula is C12H15ClN2O4. The third-order valence-electron chi connectivity index (χ3n) is 3.28. The van der Waals surface area contributed by atoms with Crippen LogP contribution in [0.25, 0.3) is 0 Å². The number of nitrogens with one attached hydrogen (secondary N) is 1. The number of non-ortho nitro benzene ring substituents is 1. The lowest BCUT2D eigenvalue weighted by Crippen LogP contribution is -2.49. The molecule has 0 aliphatic carbocycles. The Morgan fingerprint density at radius 3 is 2.79 bits per heavy atom. The maximum absolute atomic E-state index is 11.4. The molecule has 0 bridgehead atoms. The normalized spacial score (nSPS) is 21.7. The first-order chi connectivity index (χ1) is 8.53. The van der Waals surface area contributed by atoms with E-state index in [1.807, 2.05) is 0 Å². The first-order valence-electron chi connectivity index (χ1n) is 5.75. The van der Waals surface area contributed by atoms with Gasteiger partial charge in [0.1, 0.15) is 5.54 Å². The first-order valence-corrected chi connectivity index (χ1v) is 5.75. The van der Waals surface area contributed by atoms with E-state index in [4.69, 9.17) is 0 Å². The summed E-state index contributed by atoms with van der Waals surface area (Å²) in [4.78, 5) is 21.6. The number of aliphatic carboxylic acids is 1. The molecule has 2 N–H and O–H groups in total. The molecule has 19 heavy (non-hydrogen) atoms. The van der Waals surface area contributed by atoms with Gasteiger partial charge in [-0.05, 0) is 24.9 Å². The predicted octanol–water partition coefficient (Wildman–Crippen LogP) is 1.77. The number of nitro benzene ring substituents is 1. The molecule has 0 radical (unpaired) electrons. The van der Waals surface area contributed by atoms with Crippen LogP contribution in [0.2, 0.25) is 0 Å². The Balaban J connectivity index is 0.00000180. The van der Waals surface area contributed by atoms with Crippen molar-refractivity contribution in [1.82, 2.24) is 5.32 Å². The summed E-state index contributed by atoms with van der Waals surface area (Å²) >= 11 is 0. The van der Waals surface area contributed by atoms with Crippen LogP contribution in [-0.2, 0) is 11.2 Å². The molecular weight excluding hydrogens is 272 g/mol. The van der Waals surface area contributed by atoms with E-state index in [1.54, 1.807) is 12.1 Å². The van der Waals surface area contributed by atoms with E-state index in [1.165, 1.54) is 12.1 Å². The quantitative estimate of drug-likeness (QED) is 0.650. The maximum Gasteiger partial charge on any atom is 0.324 e. The monoisotopic (exact) mass is 286 g/mol. The number of hydrogen-bond donors (Lipinski definition) is 2. The summed E-state index contributed by atoms with van der Waals surface area (Å²) in [6.45, 7) is 0.668. The summed E-state index contributed by atoms with van der Waals surface area (Å²) in [6, 6.07) is 6.14. The number of rotatable bonds is 4. The lowest BCUT2D eigenvalue weighted by atomic mass is 9.89. The number of hydrogen-bond acceptors (Lipinski definition) is 4. The second-order valence-corrected chi connectivity index (χ2v) is 4.52. The van der Waals surface area contributed by atoms with Gasteiger partial charge in [0.15, 0.2) is 0 Å². The van der Waals surface area contributed by atoms with Crippen LogP contribution in [0.5, 0.6) is 0 Å². The molecule has 104 valence electrons. The van der Waals surface area contributed by atoms with Crippen molar-refractivity contribution in [3.8, 4) is 0 Å². The Morgan fingerprint density at radius 2 is 2.26 bits per heavy atom. The lowest BCUT2D eigenvalue weighted by Gasteiger charge is -2.24. The molecule has 1 aromatic carbocycles. The molecule has 0 spiro atoms. The second kappa shape index (κ2) is 5.99. The van der Waals surface area contributed by atoms with Crippen molar-refractivity contribution in [2.75, 3.05) is 6.54 Å². The highest BCUT2D eigenvalue weighted by Gasteiger charge is 2.41. The zero-order chi connectivity index (χ0) is 13.2. The van der Waals surface area contributed by atoms with E-state index in [-0.39, 0.29) is 24.5 Å². The van der Waals surface area contributed by atoms with E-state index in [2.05, 4.69) is 5.32 Å². The number of nitrogens with zero attached hydrogens (tertiary/aromatic N) is 1. The fourth-order valence-electron chi connectivity index (χ4n) is 2.34. The number of carboxylic acids is 1. The summed E-state index contributed by atoms with van der Waals surface area (Å²) in [5.74, 6) is -0.897. The van der Waals surface area contributed by atoms with Crippen LogP contribution < -0.4 is 5.32 Å². The van der Waals surface area contributed by atoms with Crippen molar-refractivity contribution < 1.29 is 14.8 Å². The average molecular weight is 287 g/mol. The molecule has 1 aromatic rings. The molecule has 0 aromatic heterocycles. The van der Waals surface area contributed by atoms with E-state index in [0.717, 1.165) is 6.42 Å². The Hall–Kier alpha value is -1.66. The Labute approximate surface area is 116 Å². The van der Waals surface area contributed by atoms with Crippen LogP contribution >= 0.6 is 12.4 Å². The van der Waals surface area contributed by atoms with Gasteiger partial charge in [0.05, 0.1) is 4.92 Å². The van der Waals surface area contributed by atoms with E-state index in [9.17, 15) is 20.0 Å². The number of carboxylic acid groups (broad SMARTS) is 1. The predicted molar refractivity (Wildman–Crippen MR) is 71.7 cm³/mol. The van der Waals surface area contributed by atoms with Gasteiger partial charge in [0.25, 0.3) is 5.69 Å². The van der Waals surface area contributed by atoms with Gasteiger partial charge in [0, 0.05) is 18.6 Å². The fraction of sp³-hybridized carbons (Fsp3) is 0.417. The molecule has 1 aliphatic heterocycles. The highest BCUT2D eigenvalue weighted by molar-refractivity contribution is 5.85. The molecule has 7 heteroatoms. The van der Waals surface area contributed by atoms with Crippen molar-refractivity contribution in [3.63, 3.8) is 0 Å². The summed E-state index contributed by atoms with van der Waals surface area (Å²) in [5, 5.41) is 23.0. The summed E-state index contributed by atoms with van der Waals surface area (Å²) in [7, 11) is 0. The highest BCUT2D eigenvalue weighted by Crippen LogP contribution is 2.26. The van der Waals surface area contributed by atoms with Crippen LogP contribution in [0, 0.1) is 10.1 Å². The summed E-state index contributed by atoms with van der Waals surface area (Å²) in [5.41, 5.74) is -0.318. The lowest BCUT2D eigenvalue weighted by molar-refractivity contribution is -0.384. The molecule has 0 unspecified atom stereocenters. The standard InChI is InChI=1S/C12H14N2O4.ClH/c15-11(16)12(5-2-6-13-12)8-9-3-1-4-10(7-9)14(17)18;/h1,3-4,7,13H,2,5-6,8H2,(H,15,16);1H/t12-;/m1./s1. The van der Waals surface area contributed by atoms with Gasteiger partial charge in [-0.1, -0.05) is 12.1 Å². The van der Waals surface area contributed by atoms with Crippen molar-refractivity contribution in [2.24, 2.45) is 0 Å². The average Bonchev–Trinajstić information content (AvgIpc) is 2.79. The SMILES string of the molecule is Cl.O=C(O)[C@]1(Cc2cccc([N+](=O)[O-])c2)CCCN1. The van der Waals surface area contributed by atoms with Crippen LogP contribution in [-0.4, -0.2) is 28.1 Å². The molecule has 1 atom stereocenters. The number of halogens is 1. The first kappa shape index (κ1) is 15.4. The Kier molecular flexibility index (Phi) is 4.85. The van der Waals surface area contributed by atoms with Crippen molar-refractivity contribution >= 4 is 24.1 Å². The third-order valence-corrected chi connectivity index (χ3v) is 3.28. The third kappa shape index (κ3) is 3.21. The van der Waals surface area contributed by atoms with Gasteiger partial charge in [-0.25, -0.2) is 0 Å². The molecule has 2 rings (SSSR count). The molecule has 1 fully saturated rings. The molecule has 1 saturated heterocycles. The Morgan fingerprint density at radius 1 is 1.53 bits per heavy atom. The van der Waals surface area contributed by atoms with Gasteiger partial charge in [-0.2, -0.15) is 0 Å². The minimum Gasteiger partial charge on any atom is -0.480 e. The van der Waals surface area contributed by atoms with Gasteiger partial charge in [-0.15, -0.1) is 12.4 Å². The van der Waals surface area contributed by atoms with Crippen molar-refractivity contribution in [3.05, 3.63) is 39.9 Å². The highest BCUT2D eigenvalue weighted by atomic mass is 35.5. The van der Waals surface area contributed by atoms with Crippen molar-refractivity contribution in [1.29, 1.82) is 0 Å². The molecule has 1 aliphatic rings. The minimum absolute atomic E-state index is 0. The largest absolute Gasteiger partial charge is 0.480 e. The number of carbonyl (C=O) groups is 1. The number of benzene rings is 1. The number of nitro groups is 1. The molecule has 6 nitrogen and oxygen atoms in total. The summed E-state index contributed by atoms with van der Waals surface area (Å²) < 4.78 is 0. The van der Waals surface area contributed by atoms with Crippen molar-refractivity contribution in [2.45, 2.75) is 24.8 Å². The van der Waals surface area contributed by atoms with Gasteiger partial charge in [-0.3, -0.25) is 14.9 Å². The van der Waals surface area contributed by atoms with Crippen LogP contribution in [0.1, 0.15) is 18.4 Å². The fourth-order valence-corrected chi connectivity index (χ4v) is 2.34. The molecule has 0 amide bonds. The van der Waals surface area contributed by atoms with Gasteiger partial charge in [0.2, 0.25) is 0 Å². The van der Waals surface area contributed by atoms with E-state index < -0.39 is 16.4 Å². The Bertz CT molecular complexity index is 486. The van der Waals surface area contributed by atoms with Crippen LogP contribution in [0.3, 0.4) is 0 Å². The minimum atomic E-state index is -0.977. The van der Waals surface area contributed by atoms with E-state index >= 15 is 0 Å². The van der Waals surface area contributed by atoms with Crippen LogP contribution in [0.4, 0.5) is 5.69 Å². The summed E-state index contributed by atoms with van der Waals surface area (Å²) in [6.07, 6.45) is 1.62. The van der Waals surface area contributed by atoms with E-state index in [0.29, 0.717) is 18.5 Å². The van der Waals surface area contributed by atoms with Gasteiger partial charge >= 0.3 is 5.97 Å². The van der Waals surface area contributed by atoms with Crippen LogP contribution in [0.15, 0.2) is 24.3 Å². The zero-order valence-electron chi connectivity index (χ0n) is 10.2. The zero-order valence-corrected chi connectivity index (χ0v) is 11.0. The second-order valence-electron chi connectivity index (χ2n) is 4.52. The smallest absolute Gasteiger partial charge is 0.324 e.